The third-order valence-electron chi connectivity index (χ3n) is 1.48. The van der Waals surface area contributed by atoms with Crippen LogP contribution in [0.5, 0.6) is 0 Å². The van der Waals surface area contributed by atoms with Gasteiger partial charge in [0.15, 0.2) is 0 Å². The molecule has 0 aliphatic rings. The quantitative estimate of drug-likeness (QED) is 0.501. The molecule has 0 amide bonds. The number of nitrogens with two attached hydrogens (primary N) is 1. The van der Waals surface area contributed by atoms with E-state index in [-0.39, 0.29) is 6.61 Å². The maximum Gasteiger partial charge on any atom is 0.0471 e. The van der Waals surface area contributed by atoms with E-state index in [0.717, 1.165) is 6.42 Å². The molecule has 0 aliphatic carbocycles. The van der Waals surface area contributed by atoms with Gasteiger partial charge in [-0.05, 0) is 25.5 Å². The van der Waals surface area contributed by atoms with Gasteiger partial charge < -0.3 is 10.8 Å². The fourth-order valence-corrected chi connectivity index (χ4v) is 0.755. The molecule has 0 aromatic heterocycles. The molecule has 0 saturated heterocycles. The average molecular weight is 179 g/mol. The SMILES string of the molecule is CC(C#CC=C=CCCO)CCN. The van der Waals surface area contributed by atoms with Gasteiger partial charge in [0, 0.05) is 18.6 Å². The Balaban J connectivity index is 3.76. The standard InChI is InChI=1S/C11H17NO/c1-11(8-9-12)7-5-3-2-4-6-10-13/h3-4,11,13H,6,8-10,12H2,1H3. The van der Waals surface area contributed by atoms with Crippen LogP contribution in [0.15, 0.2) is 17.9 Å². The summed E-state index contributed by atoms with van der Waals surface area (Å²) in [6, 6.07) is 0. The third kappa shape index (κ3) is 8.91. The zero-order valence-corrected chi connectivity index (χ0v) is 8.09. The van der Waals surface area contributed by atoms with Crippen molar-refractivity contribution >= 4 is 0 Å². The van der Waals surface area contributed by atoms with E-state index in [9.17, 15) is 0 Å². The first-order chi connectivity index (χ1) is 6.31. The molecule has 0 rings (SSSR count). The number of aliphatic hydroxyl groups excluding tert-OH is 1. The highest BCUT2D eigenvalue weighted by molar-refractivity contribution is 5.16. The molecule has 13 heavy (non-hydrogen) atoms. The molecule has 0 saturated carbocycles. The summed E-state index contributed by atoms with van der Waals surface area (Å²) in [7, 11) is 0. The first-order valence-electron chi connectivity index (χ1n) is 4.52. The van der Waals surface area contributed by atoms with Crippen molar-refractivity contribution in [3.05, 3.63) is 17.9 Å². The molecular weight excluding hydrogens is 162 g/mol. The Morgan fingerprint density at radius 1 is 1.54 bits per heavy atom. The molecule has 0 spiro atoms. The van der Waals surface area contributed by atoms with Crippen LogP contribution >= 0.6 is 0 Å². The highest BCUT2D eigenvalue weighted by atomic mass is 16.2. The summed E-state index contributed by atoms with van der Waals surface area (Å²) in [6.07, 6.45) is 5.00. The van der Waals surface area contributed by atoms with Crippen molar-refractivity contribution in [1.82, 2.24) is 0 Å². The lowest BCUT2D eigenvalue weighted by atomic mass is 10.1. The van der Waals surface area contributed by atoms with Crippen LogP contribution in [-0.4, -0.2) is 18.3 Å². The van der Waals surface area contributed by atoms with Crippen molar-refractivity contribution in [1.29, 1.82) is 0 Å². The molecule has 1 unspecified atom stereocenters. The van der Waals surface area contributed by atoms with E-state index in [4.69, 9.17) is 10.8 Å². The molecule has 0 aromatic rings. The van der Waals surface area contributed by atoms with Crippen LogP contribution in [0.3, 0.4) is 0 Å². The summed E-state index contributed by atoms with van der Waals surface area (Å²) in [5.41, 5.74) is 8.24. The second kappa shape index (κ2) is 9.09. The molecule has 2 nitrogen and oxygen atoms in total. The highest BCUT2D eigenvalue weighted by Gasteiger charge is 1.91. The van der Waals surface area contributed by atoms with E-state index in [1.165, 1.54) is 0 Å². The number of rotatable bonds is 4. The summed E-state index contributed by atoms with van der Waals surface area (Å²) in [5, 5.41) is 8.45. The summed E-state index contributed by atoms with van der Waals surface area (Å²) < 4.78 is 0. The van der Waals surface area contributed by atoms with E-state index in [0.29, 0.717) is 18.9 Å². The van der Waals surface area contributed by atoms with Gasteiger partial charge in [-0.25, -0.2) is 0 Å². The van der Waals surface area contributed by atoms with Gasteiger partial charge in [0.25, 0.3) is 0 Å². The molecule has 0 radical (unpaired) electrons. The van der Waals surface area contributed by atoms with Crippen molar-refractivity contribution in [3.63, 3.8) is 0 Å². The molecule has 1 atom stereocenters. The lowest BCUT2D eigenvalue weighted by Gasteiger charge is -1.96. The molecule has 0 fully saturated rings. The van der Waals surface area contributed by atoms with Crippen LogP contribution in [0.25, 0.3) is 0 Å². The zero-order valence-electron chi connectivity index (χ0n) is 8.09. The van der Waals surface area contributed by atoms with Crippen LogP contribution in [-0.2, 0) is 0 Å². The van der Waals surface area contributed by atoms with E-state index >= 15 is 0 Å². The average Bonchev–Trinajstić information content (AvgIpc) is 2.11. The Kier molecular flexibility index (Phi) is 8.39. The van der Waals surface area contributed by atoms with Crippen molar-refractivity contribution in [2.45, 2.75) is 19.8 Å². The van der Waals surface area contributed by atoms with Crippen LogP contribution < -0.4 is 5.73 Å². The minimum atomic E-state index is 0.165. The monoisotopic (exact) mass is 179 g/mol. The summed E-state index contributed by atoms with van der Waals surface area (Å²) in [6.45, 7) is 2.89. The summed E-state index contributed by atoms with van der Waals surface area (Å²) in [4.78, 5) is 0. The molecule has 0 bridgehead atoms. The molecule has 2 heteroatoms. The largest absolute Gasteiger partial charge is 0.396 e. The topological polar surface area (TPSA) is 46.2 Å². The number of aliphatic hydroxyl groups is 1. The lowest BCUT2D eigenvalue weighted by molar-refractivity contribution is 0.302. The fraction of sp³-hybridized carbons (Fsp3) is 0.545. The van der Waals surface area contributed by atoms with Gasteiger partial charge in [0.1, 0.15) is 0 Å². The molecule has 0 aliphatic heterocycles. The number of hydrogen-bond acceptors (Lipinski definition) is 2. The Labute approximate surface area is 80.1 Å². The van der Waals surface area contributed by atoms with Gasteiger partial charge in [-0.2, -0.15) is 0 Å². The van der Waals surface area contributed by atoms with Gasteiger partial charge in [0.2, 0.25) is 0 Å². The van der Waals surface area contributed by atoms with Crippen LogP contribution in [0, 0.1) is 17.8 Å². The Morgan fingerprint density at radius 2 is 2.31 bits per heavy atom. The van der Waals surface area contributed by atoms with Crippen LogP contribution in [0.1, 0.15) is 19.8 Å². The maximum atomic E-state index is 8.45. The van der Waals surface area contributed by atoms with E-state index in [2.05, 4.69) is 17.6 Å². The fourth-order valence-electron chi connectivity index (χ4n) is 0.755. The predicted octanol–water partition coefficient (Wildman–Crippen LogP) is 1.07. The van der Waals surface area contributed by atoms with Gasteiger partial charge >= 0.3 is 0 Å². The summed E-state index contributed by atoms with van der Waals surface area (Å²) in [5.74, 6) is 6.25. The minimum absolute atomic E-state index is 0.165. The van der Waals surface area contributed by atoms with Crippen molar-refractivity contribution in [2.24, 2.45) is 11.7 Å². The third-order valence-corrected chi connectivity index (χ3v) is 1.48. The van der Waals surface area contributed by atoms with Gasteiger partial charge in [-0.1, -0.05) is 18.8 Å². The maximum absolute atomic E-state index is 8.45. The van der Waals surface area contributed by atoms with Gasteiger partial charge in [-0.15, -0.1) is 5.73 Å². The van der Waals surface area contributed by atoms with Crippen molar-refractivity contribution < 1.29 is 5.11 Å². The Hall–Kier alpha value is -1.00. The smallest absolute Gasteiger partial charge is 0.0471 e. The molecule has 0 aromatic carbocycles. The summed E-state index contributed by atoms with van der Waals surface area (Å²) >= 11 is 0. The molecule has 72 valence electrons. The van der Waals surface area contributed by atoms with Crippen LogP contribution in [0.4, 0.5) is 0 Å². The molecule has 3 N–H and O–H groups in total. The zero-order chi connectivity index (χ0) is 9.94. The highest BCUT2D eigenvalue weighted by Crippen LogP contribution is 1.95. The minimum Gasteiger partial charge on any atom is -0.396 e. The van der Waals surface area contributed by atoms with Gasteiger partial charge in [-0.3, -0.25) is 0 Å². The molecule has 0 heterocycles. The van der Waals surface area contributed by atoms with E-state index < -0.39 is 0 Å². The van der Waals surface area contributed by atoms with Crippen LogP contribution in [0.2, 0.25) is 0 Å². The Morgan fingerprint density at radius 3 is 2.92 bits per heavy atom. The second-order valence-corrected chi connectivity index (χ2v) is 2.79. The normalized spacial score (nSPS) is 10.7. The van der Waals surface area contributed by atoms with E-state index in [1.807, 2.05) is 6.92 Å². The molecular formula is C11H17NO. The van der Waals surface area contributed by atoms with Gasteiger partial charge in [0.05, 0.1) is 0 Å². The van der Waals surface area contributed by atoms with Crippen molar-refractivity contribution in [3.8, 4) is 11.8 Å². The van der Waals surface area contributed by atoms with Crippen molar-refractivity contribution in [2.75, 3.05) is 13.2 Å². The number of hydrogen-bond donors (Lipinski definition) is 2. The second-order valence-electron chi connectivity index (χ2n) is 2.79. The first-order valence-corrected chi connectivity index (χ1v) is 4.52. The predicted molar refractivity (Wildman–Crippen MR) is 55.0 cm³/mol. The first kappa shape index (κ1) is 12.0. The lowest BCUT2D eigenvalue weighted by Crippen LogP contribution is -2.03. The Bertz CT molecular complexity index is 228. The van der Waals surface area contributed by atoms with E-state index in [1.54, 1.807) is 12.2 Å².